The molecule has 20 heavy (non-hydrogen) atoms. The van der Waals surface area contributed by atoms with Crippen molar-refractivity contribution in [2.75, 3.05) is 5.32 Å². The third-order valence-electron chi connectivity index (χ3n) is 3.01. The van der Waals surface area contributed by atoms with E-state index in [0.717, 1.165) is 16.8 Å². The molecule has 0 radical (unpaired) electrons. The molecule has 3 rings (SSSR count). The molecule has 1 aromatic carbocycles. The van der Waals surface area contributed by atoms with E-state index >= 15 is 0 Å². The monoisotopic (exact) mass is 307 g/mol. The average molecular weight is 308 g/mol. The molecule has 0 fully saturated rings. The Morgan fingerprint density at radius 2 is 1.95 bits per heavy atom. The first-order valence-corrected chi connectivity index (χ1v) is 6.74. The van der Waals surface area contributed by atoms with Gasteiger partial charge in [0.05, 0.1) is 21.8 Å². The van der Waals surface area contributed by atoms with E-state index in [0.29, 0.717) is 6.54 Å². The molecule has 2 N–H and O–H groups in total. The van der Waals surface area contributed by atoms with Crippen molar-refractivity contribution in [1.82, 2.24) is 9.61 Å². The molecule has 0 aliphatic heterocycles. The van der Waals surface area contributed by atoms with Crippen molar-refractivity contribution >= 4 is 34.4 Å². The zero-order chi connectivity index (χ0) is 14.1. The van der Waals surface area contributed by atoms with E-state index < -0.39 is 0 Å². The molecule has 6 heteroatoms. The van der Waals surface area contributed by atoms with E-state index in [-0.39, 0.29) is 15.8 Å². The number of phenols is 1. The normalized spacial score (nSPS) is 10.9. The van der Waals surface area contributed by atoms with Crippen molar-refractivity contribution in [3.8, 4) is 5.75 Å². The summed E-state index contributed by atoms with van der Waals surface area (Å²) in [4.78, 5) is 0. The summed E-state index contributed by atoms with van der Waals surface area (Å²) < 4.78 is 1.81. The summed E-state index contributed by atoms with van der Waals surface area (Å²) >= 11 is 11.8. The molecule has 0 aliphatic rings. The van der Waals surface area contributed by atoms with Gasteiger partial charge in [-0.05, 0) is 24.3 Å². The third-order valence-corrected chi connectivity index (χ3v) is 3.58. The van der Waals surface area contributed by atoms with E-state index in [9.17, 15) is 5.11 Å². The number of hydrogen-bond donors (Lipinski definition) is 2. The topological polar surface area (TPSA) is 49.6 Å². The molecule has 0 atom stereocenters. The molecule has 102 valence electrons. The second-order valence-corrected chi connectivity index (χ2v) is 5.16. The summed E-state index contributed by atoms with van der Waals surface area (Å²) in [6, 6.07) is 9.16. The van der Waals surface area contributed by atoms with E-state index in [4.69, 9.17) is 23.2 Å². The zero-order valence-electron chi connectivity index (χ0n) is 10.3. The molecule has 0 unspecified atom stereocenters. The highest BCUT2D eigenvalue weighted by atomic mass is 35.5. The molecule has 2 aromatic heterocycles. The highest BCUT2D eigenvalue weighted by Gasteiger charge is 2.07. The number of rotatable bonds is 3. The van der Waals surface area contributed by atoms with Crippen LogP contribution in [-0.4, -0.2) is 14.7 Å². The maximum Gasteiger partial charge on any atom is 0.152 e. The Kier molecular flexibility index (Phi) is 3.42. The molecule has 0 saturated carbocycles. The number of halogens is 2. The molecule has 0 aliphatic carbocycles. The Bertz CT molecular complexity index is 747. The van der Waals surface area contributed by atoms with Gasteiger partial charge in [-0.3, -0.25) is 0 Å². The number of aromatic nitrogens is 2. The lowest BCUT2D eigenvalue weighted by molar-refractivity contribution is 0.476. The molecular formula is C14H11Cl2N3O. The summed E-state index contributed by atoms with van der Waals surface area (Å²) in [5.41, 5.74) is 2.84. The van der Waals surface area contributed by atoms with Crippen LogP contribution in [0.15, 0.2) is 42.7 Å². The molecule has 0 amide bonds. The number of benzene rings is 1. The van der Waals surface area contributed by atoms with Gasteiger partial charge in [0.1, 0.15) is 0 Å². The van der Waals surface area contributed by atoms with Crippen molar-refractivity contribution in [2.24, 2.45) is 0 Å². The Morgan fingerprint density at radius 3 is 2.70 bits per heavy atom. The van der Waals surface area contributed by atoms with Crippen molar-refractivity contribution < 1.29 is 5.11 Å². The van der Waals surface area contributed by atoms with Crippen molar-refractivity contribution in [1.29, 1.82) is 0 Å². The van der Waals surface area contributed by atoms with Gasteiger partial charge in [-0.25, -0.2) is 4.52 Å². The van der Waals surface area contributed by atoms with Crippen LogP contribution in [0.5, 0.6) is 5.75 Å². The number of hydrogen-bond acceptors (Lipinski definition) is 3. The smallest absolute Gasteiger partial charge is 0.152 e. The number of pyridine rings is 1. The predicted octanol–water partition coefficient (Wildman–Crippen LogP) is 3.96. The van der Waals surface area contributed by atoms with Gasteiger partial charge in [-0.1, -0.05) is 29.3 Å². The second kappa shape index (κ2) is 5.23. The summed E-state index contributed by atoms with van der Waals surface area (Å²) in [5, 5.41) is 17.4. The van der Waals surface area contributed by atoms with Crippen LogP contribution in [0.3, 0.4) is 0 Å². The number of aromatic hydroxyl groups is 1. The van der Waals surface area contributed by atoms with E-state index in [1.807, 2.05) is 35.1 Å². The van der Waals surface area contributed by atoms with Gasteiger partial charge in [-0.2, -0.15) is 5.10 Å². The predicted molar refractivity (Wildman–Crippen MR) is 80.6 cm³/mol. The average Bonchev–Trinajstić information content (AvgIpc) is 2.85. The summed E-state index contributed by atoms with van der Waals surface area (Å²) in [5.74, 6) is -0.102. The van der Waals surface area contributed by atoms with Gasteiger partial charge in [0.2, 0.25) is 0 Å². The summed E-state index contributed by atoms with van der Waals surface area (Å²) in [6.07, 6.45) is 3.71. The lowest BCUT2D eigenvalue weighted by Crippen LogP contribution is -1.99. The number of phenolic OH excluding ortho intramolecular Hbond substituents is 1. The summed E-state index contributed by atoms with van der Waals surface area (Å²) in [6.45, 7) is 0.588. The molecule has 0 saturated heterocycles. The van der Waals surface area contributed by atoms with Gasteiger partial charge >= 0.3 is 0 Å². The summed E-state index contributed by atoms with van der Waals surface area (Å²) in [7, 11) is 0. The van der Waals surface area contributed by atoms with Crippen molar-refractivity contribution in [3.63, 3.8) is 0 Å². The van der Waals surface area contributed by atoms with Crippen LogP contribution in [0, 0.1) is 0 Å². The van der Waals surface area contributed by atoms with E-state index in [2.05, 4.69) is 10.4 Å². The van der Waals surface area contributed by atoms with Gasteiger partial charge in [0.25, 0.3) is 0 Å². The fourth-order valence-electron chi connectivity index (χ4n) is 1.99. The first-order valence-electron chi connectivity index (χ1n) is 5.98. The van der Waals surface area contributed by atoms with Crippen LogP contribution in [0.4, 0.5) is 5.69 Å². The first kappa shape index (κ1) is 13.1. The van der Waals surface area contributed by atoms with Gasteiger partial charge in [0, 0.05) is 24.0 Å². The fourth-order valence-corrected chi connectivity index (χ4v) is 2.48. The quantitative estimate of drug-likeness (QED) is 0.720. The Hall–Kier alpha value is -1.91. The SMILES string of the molecule is Oc1c(Cl)cc(NCc2cnn3ccccc23)cc1Cl. The van der Waals surface area contributed by atoms with Crippen molar-refractivity contribution in [2.45, 2.75) is 6.54 Å². The van der Waals surface area contributed by atoms with Crippen LogP contribution in [0.25, 0.3) is 5.52 Å². The van der Waals surface area contributed by atoms with Gasteiger partial charge < -0.3 is 10.4 Å². The number of anilines is 1. The van der Waals surface area contributed by atoms with Crippen LogP contribution < -0.4 is 5.32 Å². The lowest BCUT2D eigenvalue weighted by atomic mass is 10.2. The van der Waals surface area contributed by atoms with Gasteiger partial charge in [-0.15, -0.1) is 0 Å². The molecular weight excluding hydrogens is 297 g/mol. The van der Waals surface area contributed by atoms with Crippen molar-refractivity contribution in [3.05, 3.63) is 58.3 Å². The van der Waals surface area contributed by atoms with Crippen LogP contribution in [0.1, 0.15) is 5.56 Å². The lowest BCUT2D eigenvalue weighted by Gasteiger charge is -2.08. The highest BCUT2D eigenvalue weighted by molar-refractivity contribution is 6.37. The molecule has 0 spiro atoms. The van der Waals surface area contributed by atoms with Crippen LogP contribution in [-0.2, 0) is 6.54 Å². The minimum Gasteiger partial charge on any atom is -0.505 e. The Balaban J connectivity index is 1.83. The number of nitrogens with one attached hydrogen (secondary N) is 1. The maximum absolute atomic E-state index is 9.52. The molecule has 2 heterocycles. The van der Waals surface area contributed by atoms with E-state index in [1.54, 1.807) is 12.1 Å². The standard InChI is InChI=1S/C14H11Cl2N3O/c15-11-5-10(6-12(16)14(11)20)17-7-9-8-18-19-4-2-1-3-13(9)19/h1-6,8,17,20H,7H2. The fraction of sp³-hybridized carbons (Fsp3) is 0.0714. The minimum atomic E-state index is -0.102. The van der Waals surface area contributed by atoms with Gasteiger partial charge in [0.15, 0.2) is 5.75 Å². The Morgan fingerprint density at radius 1 is 1.20 bits per heavy atom. The highest BCUT2D eigenvalue weighted by Crippen LogP contribution is 2.34. The third kappa shape index (κ3) is 2.40. The first-order chi connectivity index (χ1) is 9.65. The van der Waals surface area contributed by atoms with Crippen LogP contribution in [0.2, 0.25) is 10.0 Å². The molecule has 3 aromatic rings. The molecule has 4 nitrogen and oxygen atoms in total. The zero-order valence-corrected chi connectivity index (χ0v) is 11.9. The maximum atomic E-state index is 9.52. The van der Waals surface area contributed by atoms with Crippen LogP contribution >= 0.6 is 23.2 Å². The van der Waals surface area contributed by atoms with E-state index in [1.165, 1.54) is 0 Å². The molecule has 0 bridgehead atoms. The Labute approximate surface area is 125 Å². The second-order valence-electron chi connectivity index (χ2n) is 4.34. The number of nitrogens with zero attached hydrogens (tertiary/aromatic N) is 2. The largest absolute Gasteiger partial charge is 0.505 e. The number of fused-ring (bicyclic) bond motifs is 1. The minimum absolute atomic E-state index is 0.102.